The average molecular weight is 271 g/mol. The van der Waals surface area contributed by atoms with E-state index in [1.54, 1.807) is 0 Å². The third kappa shape index (κ3) is 2.49. The molecule has 1 aromatic carbocycles. The van der Waals surface area contributed by atoms with Crippen molar-refractivity contribution < 1.29 is 4.42 Å². The van der Waals surface area contributed by atoms with Crippen LogP contribution in [0, 0.1) is 12.8 Å². The highest BCUT2D eigenvalue weighted by molar-refractivity contribution is 5.82. The van der Waals surface area contributed by atoms with Crippen molar-refractivity contribution in [1.29, 1.82) is 0 Å². The number of aryl methyl sites for hydroxylation is 1. The van der Waals surface area contributed by atoms with Gasteiger partial charge in [-0.2, -0.15) is 0 Å². The fourth-order valence-electron chi connectivity index (χ4n) is 3.67. The Bertz CT molecular complexity index is 580. The van der Waals surface area contributed by atoms with Crippen LogP contribution in [0.25, 0.3) is 11.0 Å². The van der Waals surface area contributed by atoms with Crippen molar-refractivity contribution in [2.75, 3.05) is 0 Å². The van der Waals surface area contributed by atoms with Crippen LogP contribution in [-0.4, -0.2) is 6.04 Å². The van der Waals surface area contributed by atoms with Crippen LogP contribution < -0.4 is 5.32 Å². The standard InChI is InChI=1S/C18H25NO/c1-12-16-10-6-7-11-17(16)20-18(12)14(3)19-13(2)15-8-4-5-9-15/h6-7,10-11,13-15,19H,4-5,8-9H2,1-3H3/t13-,14?/m0/s1. The smallest absolute Gasteiger partial charge is 0.134 e. The first-order chi connectivity index (χ1) is 9.66. The minimum absolute atomic E-state index is 0.276. The molecule has 1 aliphatic rings. The molecule has 0 radical (unpaired) electrons. The second-order valence-corrected chi connectivity index (χ2v) is 6.31. The minimum atomic E-state index is 0.276. The molecule has 1 N–H and O–H groups in total. The van der Waals surface area contributed by atoms with Crippen LogP contribution in [0.3, 0.4) is 0 Å². The summed E-state index contributed by atoms with van der Waals surface area (Å²) in [5.74, 6) is 1.93. The van der Waals surface area contributed by atoms with Crippen LogP contribution in [0.15, 0.2) is 28.7 Å². The monoisotopic (exact) mass is 271 g/mol. The lowest BCUT2D eigenvalue weighted by Crippen LogP contribution is -2.34. The van der Waals surface area contributed by atoms with Crippen LogP contribution in [0.4, 0.5) is 0 Å². The number of para-hydroxylation sites is 1. The molecule has 0 aliphatic heterocycles. The summed E-state index contributed by atoms with van der Waals surface area (Å²) in [6, 6.07) is 9.16. The fraction of sp³-hybridized carbons (Fsp3) is 0.556. The van der Waals surface area contributed by atoms with Crippen LogP contribution in [0.5, 0.6) is 0 Å². The normalized spacial score (nSPS) is 19.6. The summed E-state index contributed by atoms with van der Waals surface area (Å²) in [4.78, 5) is 0. The van der Waals surface area contributed by atoms with Crippen molar-refractivity contribution in [1.82, 2.24) is 5.32 Å². The fourth-order valence-corrected chi connectivity index (χ4v) is 3.67. The summed E-state index contributed by atoms with van der Waals surface area (Å²) < 4.78 is 6.06. The van der Waals surface area contributed by atoms with Gasteiger partial charge in [-0.25, -0.2) is 0 Å². The molecule has 0 saturated heterocycles. The molecule has 1 aromatic heterocycles. The minimum Gasteiger partial charge on any atom is -0.459 e. The van der Waals surface area contributed by atoms with E-state index in [1.807, 2.05) is 6.07 Å². The molecule has 1 aliphatic carbocycles. The van der Waals surface area contributed by atoms with Crippen molar-refractivity contribution in [3.8, 4) is 0 Å². The molecule has 20 heavy (non-hydrogen) atoms. The number of benzene rings is 1. The SMILES string of the molecule is Cc1c(C(C)N[C@@H](C)C2CCCC2)oc2ccccc12. The molecule has 1 heterocycles. The van der Waals surface area contributed by atoms with Gasteiger partial charge in [-0.15, -0.1) is 0 Å². The van der Waals surface area contributed by atoms with E-state index in [2.05, 4.69) is 44.3 Å². The Morgan fingerprint density at radius 1 is 1.15 bits per heavy atom. The van der Waals surface area contributed by atoms with Gasteiger partial charge in [-0.05, 0) is 51.2 Å². The zero-order valence-electron chi connectivity index (χ0n) is 12.8. The Morgan fingerprint density at radius 2 is 1.85 bits per heavy atom. The van der Waals surface area contributed by atoms with Crippen molar-refractivity contribution in [3.05, 3.63) is 35.6 Å². The predicted octanol–water partition coefficient (Wildman–Crippen LogP) is 4.97. The van der Waals surface area contributed by atoms with E-state index in [4.69, 9.17) is 4.42 Å². The lowest BCUT2D eigenvalue weighted by atomic mass is 9.98. The molecule has 0 spiro atoms. The molecule has 1 fully saturated rings. The van der Waals surface area contributed by atoms with Crippen LogP contribution in [-0.2, 0) is 0 Å². The largest absolute Gasteiger partial charge is 0.459 e. The third-order valence-electron chi connectivity index (χ3n) is 4.89. The summed E-state index contributed by atoms with van der Waals surface area (Å²) >= 11 is 0. The van der Waals surface area contributed by atoms with Crippen molar-refractivity contribution >= 4 is 11.0 Å². The quantitative estimate of drug-likeness (QED) is 0.849. The van der Waals surface area contributed by atoms with E-state index in [1.165, 1.54) is 36.6 Å². The maximum absolute atomic E-state index is 6.06. The summed E-state index contributed by atoms with van der Waals surface area (Å²) in [7, 11) is 0. The maximum atomic E-state index is 6.06. The van der Waals surface area contributed by atoms with Gasteiger partial charge in [-0.3, -0.25) is 0 Å². The Labute approximate surface area is 121 Å². The molecule has 0 amide bonds. The van der Waals surface area contributed by atoms with Gasteiger partial charge in [0, 0.05) is 11.4 Å². The first-order valence-corrected chi connectivity index (χ1v) is 7.91. The predicted molar refractivity (Wildman–Crippen MR) is 83.9 cm³/mol. The molecule has 2 heteroatoms. The summed E-state index contributed by atoms with van der Waals surface area (Å²) in [6.45, 7) is 6.71. The lowest BCUT2D eigenvalue weighted by Gasteiger charge is -2.24. The highest BCUT2D eigenvalue weighted by Crippen LogP contribution is 2.32. The summed E-state index contributed by atoms with van der Waals surface area (Å²) in [6.07, 6.45) is 5.55. The Kier molecular flexibility index (Phi) is 3.84. The molecular formula is C18H25NO. The zero-order valence-corrected chi connectivity index (χ0v) is 12.8. The van der Waals surface area contributed by atoms with Crippen molar-refractivity contribution in [2.24, 2.45) is 5.92 Å². The first-order valence-electron chi connectivity index (χ1n) is 7.91. The molecular weight excluding hydrogens is 246 g/mol. The van der Waals surface area contributed by atoms with Gasteiger partial charge in [0.25, 0.3) is 0 Å². The molecule has 108 valence electrons. The van der Waals surface area contributed by atoms with Gasteiger partial charge >= 0.3 is 0 Å². The highest BCUT2D eigenvalue weighted by atomic mass is 16.3. The van der Waals surface area contributed by atoms with Gasteiger partial charge in [0.2, 0.25) is 0 Å². The van der Waals surface area contributed by atoms with E-state index >= 15 is 0 Å². The number of fused-ring (bicyclic) bond motifs is 1. The topological polar surface area (TPSA) is 25.2 Å². The number of hydrogen-bond donors (Lipinski definition) is 1. The second-order valence-electron chi connectivity index (χ2n) is 6.31. The van der Waals surface area contributed by atoms with E-state index in [9.17, 15) is 0 Å². The van der Waals surface area contributed by atoms with Gasteiger partial charge < -0.3 is 9.73 Å². The summed E-state index contributed by atoms with van der Waals surface area (Å²) in [5.41, 5.74) is 2.28. The molecule has 2 aromatic rings. The average Bonchev–Trinajstić information content (AvgIpc) is 3.07. The Balaban J connectivity index is 1.78. The number of furan rings is 1. The van der Waals surface area contributed by atoms with Gasteiger partial charge in [0.1, 0.15) is 11.3 Å². The molecule has 2 atom stereocenters. The maximum Gasteiger partial charge on any atom is 0.134 e. The lowest BCUT2D eigenvalue weighted by molar-refractivity contribution is 0.330. The highest BCUT2D eigenvalue weighted by Gasteiger charge is 2.24. The molecule has 1 saturated carbocycles. The zero-order chi connectivity index (χ0) is 14.1. The van der Waals surface area contributed by atoms with Crippen LogP contribution >= 0.6 is 0 Å². The number of rotatable bonds is 4. The number of nitrogens with one attached hydrogen (secondary N) is 1. The van der Waals surface area contributed by atoms with E-state index in [0.29, 0.717) is 6.04 Å². The van der Waals surface area contributed by atoms with Gasteiger partial charge in [0.15, 0.2) is 0 Å². The van der Waals surface area contributed by atoms with Crippen molar-refractivity contribution in [3.63, 3.8) is 0 Å². The Morgan fingerprint density at radius 3 is 2.55 bits per heavy atom. The van der Waals surface area contributed by atoms with Crippen LogP contribution in [0.1, 0.15) is 56.9 Å². The molecule has 3 rings (SSSR count). The second kappa shape index (κ2) is 5.61. The van der Waals surface area contributed by atoms with E-state index in [-0.39, 0.29) is 6.04 Å². The molecule has 1 unspecified atom stereocenters. The third-order valence-corrected chi connectivity index (χ3v) is 4.89. The Hall–Kier alpha value is -1.28. The molecule has 0 bridgehead atoms. The van der Waals surface area contributed by atoms with Gasteiger partial charge in [0.05, 0.1) is 6.04 Å². The van der Waals surface area contributed by atoms with E-state index in [0.717, 1.165) is 17.3 Å². The van der Waals surface area contributed by atoms with Crippen LogP contribution in [0.2, 0.25) is 0 Å². The van der Waals surface area contributed by atoms with Gasteiger partial charge in [-0.1, -0.05) is 31.0 Å². The summed E-state index contributed by atoms with van der Waals surface area (Å²) in [5, 5.41) is 4.99. The van der Waals surface area contributed by atoms with Crippen molar-refractivity contribution in [2.45, 2.75) is 58.5 Å². The molecule has 2 nitrogen and oxygen atoms in total. The number of hydrogen-bond acceptors (Lipinski definition) is 2. The van der Waals surface area contributed by atoms with E-state index < -0.39 is 0 Å². The first kappa shape index (κ1) is 13.7.